The first kappa shape index (κ1) is 15.6. The van der Waals surface area contributed by atoms with Gasteiger partial charge in [-0.05, 0) is 49.9 Å². The number of nitrogens with two attached hydrogens (primary N) is 1. The van der Waals surface area contributed by atoms with Crippen LogP contribution in [0.25, 0.3) is 0 Å². The predicted octanol–water partition coefficient (Wildman–Crippen LogP) is 4.35. The van der Waals surface area contributed by atoms with E-state index in [4.69, 9.17) is 5.73 Å². The van der Waals surface area contributed by atoms with Crippen LogP contribution in [0.3, 0.4) is 0 Å². The van der Waals surface area contributed by atoms with Crippen LogP contribution in [0, 0.1) is 13.8 Å². The monoisotopic (exact) mass is 282 g/mol. The zero-order chi connectivity index (χ0) is 15.4. The van der Waals surface area contributed by atoms with Gasteiger partial charge in [-0.3, -0.25) is 0 Å². The van der Waals surface area contributed by atoms with Crippen molar-refractivity contribution in [3.63, 3.8) is 0 Å². The molecule has 2 heteroatoms. The van der Waals surface area contributed by atoms with Crippen molar-refractivity contribution in [1.29, 1.82) is 0 Å². The highest BCUT2D eigenvalue weighted by molar-refractivity contribution is 5.68. The van der Waals surface area contributed by atoms with Crippen molar-refractivity contribution in [2.24, 2.45) is 5.73 Å². The van der Waals surface area contributed by atoms with Crippen molar-refractivity contribution in [1.82, 2.24) is 0 Å². The highest BCUT2D eigenvalue weighted by atomic mass is 15.1. The van der Waals surface area contributed by atoms with E-state index >= 15 is 0 Å². The summed E-state index contributed by atoms with van der Waals surface area (Å²) in [6.07, 6.45) is 1.92. The summed E-state index contributed by atoms with van der Waals surface area (Å²) in [5.41, 5.74) is 12.6. The fourth-order valence-corrected chi connectivity index (χ4v) is 2.70. The third kappa shape index (κ3) is 3.64. The fourth-order valence-electron chi connectivity index (χ4n) is 2.70. The van der Waals surface area contributed by atoms with Crippen molar-refractivity contribution in [3.8, 4) is 0 Å². The molecule has 0 spiro atoms. The third-order valence-electron chi connectivity index (χ3n) is 4.08. The Morgan fingerprint density at radius 1 is 1.05 bits per heavy atom. The minimum atomic E-state index is 0.218. The molecule has 0 saturated heterocycles. The van der Waals surface area contributed by atoms with E-state index in [2.05, 4.69) is 75.2 Å². The quantitative estimate of drug-likeness (QED) is 0.883. The topological polar surface area (TPSA) is 29.3 Å². The van der Waals surface area contributed by atoms with Gasteiger partial charge in [0.25, 0.3) is 0 Å². The molecule has 2 aromatic rings. The lowest BCUT2D eigenvalue weighted by Crippen LogP contribution is -2.23. The minimum Gasteiger partial charge on any atom is -0.344 e. The fraction of sp³-hybridized carbons (Fsp3) is 0.368. The number of aryl methyl sites for hydroxylation is 2. The maximum absolute atomic E-state index is 6.17. The summed E-state index contributed by atoms with van der Waals surface area (Å²) in [6.45, 7) is 6.43. The van der Waals surface area contributed by atoms with Gasteiger partial charge >= 0.3 is 0 Å². The Hall–Kier alpha value is -1.80. The maximum Gasteiger partial charge on any atom is 0.0441 e. The minimum absolute atomic E-state index is 0.218. The average molecular weight is 282 g/mol. The second-order valence-corrected chi connectivity index (χ2v) is 5.85. The normalized spacial score (nSPS) is 12.2. The van der Waals surface area contributed by atoms with Gasteiger partial charge in [0, 0.05) is 24.5 Å². The molecular weight excluding hydrogens is 256 g/mol. The van der Waals surface area contributed by atoms with E-state index < -0.39 is 0 Å². The molecule has 0 heterocycles. The van der Waals surface area contributed by atoms with Gasteiger partial charge in [0.2, 0.25) is 0 Å². The van der Waals surface area contributed by atoms with Crippen molar-refractivity contribution in [2.75, 3.05) is 11.9 Å². The van der Waals surface area contributed by atoms with E-state index in [-0.39, 0.29) is 6.04 Å². The smallest absolute Gasteiger partial charge is 0.0441 e. The van der Waals surface area contributed by atoms with Gasteiger partial charge in [0.05, 0.1) is 0 Å². The van der Waals surface area contributed by atoms with Gasteiger partial charge in [0.15, 0.2) is 0 Å². The summed E-state index contributed by atoms with van der Waals surface area (Å²) in [5, 5.41) is 0. The Morgan fingerprint density at radius 2 is 1.76 bits per heavy atom. The first-order valence-corrected chi connectivity index (χ1v) is 7.67. The van der Waals surface area contributed by atoms with Crippen molar-refractivity contribution < 1.29 is 0 Å². The predicted molar refractivity (Wildman–Crippen MR) is 92.4 cm³/mol. The van der Waals surface area contributed by atoms with Crippen LogP contribution in [-0.2, 0) is 6.42 Å². The molecule has 2 N–H and O–H groups in total. The standard InChI is InChI=1S/C19H26N2/c1-5-17(20)13-16-12-14(2)10-11-19(16)21(4)18-9-7-6-8-15(18)3/h6-12,17H,5,13,20H2,1-4H3. The molecule has 0 radical (unpaired) electrons. The summed E-state index contributed by atoms with van der Waals surface area (Å²) in [6, 6.07) is 15.3. The van der Waals surface area contributed by atoms with E-state index in [1.54, 1.807) is 0 Å². The van der Waals surface area contributed by atoms with Gasteiger partial charge in [-0.15, -0.1) is 0 Å². The zero-order valence-corrected chi connectivity index (χ0v) is 13.6. The Kier molecular flexibility index (Phi) is 5.03. The van der Waals surface area contributed by atoms with Gasteiger partial charge < -0.3 is 10.6 Å². The van der Waals surface area contributed by atoms with E-state index in [1.165, 1.54) is 28.1 Å². The van der Waals surface area contributed by atoms with Crippen molar-refractivity contribution in [3.05, 3.63) is 59.2 Å². The summed E-state index contributed by atoms with van der Waals surface area (Å²) in [7, 11) is 2.13. The Bertz CT molecular complexity index is 604. The zero-order valence-electron chi connectivity index (χ0n) is 13.6. The molecule has 2 nitrogen and oxygen atoms in total. The average Bonchev–Trinajstić information content (AvgIpc) is 2.47. The maximum atomic E-state index is 6.17. The Morgan fingerprint density at radius 3 is 2.43 bits per heavy atom. The Labute approximate surface area is 128 Å². The highest BCUT2D eigenvalue weighted by Crippen LogP contribution is 2.30. The molecule has 0 bridgehead atoms. The highest BCUT2D eigenvalue weighted by Gasteiger charge is 2.13. The van der Waals surface area contributed by atoms with Crippen molar-refractivity contribution >= 4 is 11.4 Å². The number of rotatable bonds is 5. The lowest BCUT2D eigenvalue weighted by Gasteiger charge is -2.25. The molecule has 112 valence electrons. The number of hydrogen-bond donors (Lipinski definition) is 1. The van der Waals surface area contributed by atoms with Crippen LogP contribution in [0.1, 0.15) is 30.0 Å². The summed E-state index contributed by atoms with van der Waals surface area (Å²) in [5.74, 6) is 0. The van der Waals surface area contributed by atoms with Gasteiger partial charge in [-0.2, -0.15) is 0 Å². The van der Waals surface area contributed by atoms with E-state index in [1.807, 2.05) is 0 Å². The summed E-state index contributed by atoms with van der Waals surface area (Å²) < 4.78 is 0. The third-order valence-corrected chi connectivity index (χ3v) is 4.08. The molecule has 0 saturated carbocycles. The number of para-hydroxylation sites is 1. The van der Waals surface area contributed by atoms with Crippen LogP contribution in [-0.4, -0.2) is 13.1 Å². The molecule has 1 atom stereocenters. The SMILES string of the molecule is CCC(N)Cc1cc(C)ccc1N(C)c1ccccc1C. The van der Waals surface area contributed by atoms with E-state index in [9.17, 15) is 0 Å². The lowest BCUT2D eigenvalue weighted by molar-refractivity contribution is 0.646. The van der Waals surface area contributed by atoms with Gasteiger partial charge in [0.1, 0.15) is 0 Å². The van der Waals surface area contributed by atoms with Crippen LogP contribution in [0.4, 0.5) is 11.4 Å². The van der Waals surface area contributed by atoms with E-state index in [0.717, 1.165) is 12.8 Å². The first-order chi connectivity index (χ1) is 10.0. The summed E-state index contributed by atoms with van der Waals surface area (Å²) in [4.78, 5) is 2.27. The lowest BCUT2D eigenvalue weighted by atomic mass is 9.99. The largest absolute Gasteiger partial charge is 0.344 e. The molecule has 0 aromatic heterocycles. The molecule has 21 heavy (non-hydrogen) atoms. The van der Waals surface area contributed by atoms with Crippen LogP contribution in [0.15, 0.2) is 42.5 Å². The molecule has 0 aliphatic heterocycles. The number of nitrogens with zero attached hydrogens (tertiary/aromatic N) is 1. The molecule has 0 fully saturated rings. The van der Waals surface area contributed by atoms with E-state index in [0.29, 0.717) is 0 Å². The van der Waals surface area contributed by atoms with Crippen LogP contribution in [0.5, 0.6) is 0 Å². The molecule has 0 aliphatic carbocycles. The molecule has 0 amide bonds. The Balaban J connectivity index is 2.41. The van der Waals surface area contributed by atoms with Crippen LogP contribution < -0.4 is 10.6 Å². The number of anilines is 2. The number of benzene rings is 2. The molecule has 0 aliphatic rings. The molecule has 2 aromatic carbocycles. The van der Waals surface area contributed by atoms with Gasteiger partial charge in [-0.1, -0.05) is 42.8 Å². The molecular formula is C19H26N2. The molecule has 1 unspecified atom stereocenters. The molecule has 2 rings (SSSR count). The van der Waals surface area contributed by atoms with Crippen molar-refractivity contribution in [2.45, 2.75) is 39.7 Å². The first-order valence-electron chi connectivity index (χ1n) is 7.67. The summed E-state index contributed by atoms with van der Waals surface area (Å²) >= 11 is 0. The second-order valence-electron chi connectivity index (χ2n) is 5.85. The second kappa shape index (κ2) is 6.77. The van der Waals surface area contributed by atoms with Crippen LogP contribution >= 0.6 is 0 Å². The van der Waals surface area contributed by atoms with Gasteiger partial charge in [-0.25, -0.2) is 0 Å². The number of hydrogen-bond acceptors (Lipinski definition) is 2. The van der Waals surface area contributed by atoms with Crippen LogP contribution in [0.2, 0.25) is 0 Å².